The first-order valence-corrected chi connectivity index (χ1v) is 12.4. The normalized spacial score (nSPS) is 24.0. The van der Waals surface area contributed by atoms with Crippen LogP contribution in [-0.2, 0) is 10.2 Å². The van der Waals surface area contributed by atoms with Crippen LogP contribution < -0.4 is 19.1 Å². The van der Waals surface area contributed by atoms with E-state index in [4.69, 9.17) is 14.2 Å². The van der Waals surface area contributed by atoms with Crippen LogP contribution in [0.2, 0.25) is 0 Å². The number of piperidine rings is 1. The van der Waals surface area contributed by atoms with Crippen LogP contribution in [-0.4, -0.2) is 49.9 Å². The highest BCUT2D eigenvalue weighted by Crippen LogP contribution is 2.55. The fourth-order valence-corrected chi connectivity index (χ4v) is 6.31. The second-order valence-corrected chi connectivity index (χ2v) is 9.78. The summed E-state index contributed by atoms with van der Waals surface area (Å²) in [5.74, 6) is 2.74. The molecule has 0 radical (unpaired) electrons. The van der Waals surface area contributed by atoms with Gasteiger partial charge in [0.25, 0.3) is 0 Å². The van der Waals surface area contributed by atoms with E-state index in [0.717, 1.165) is 55.0 Å². The summed E-state index contributed by atoms with van der Waals surface area (Å²) >= 11 is 0. The Morgan fingerprint density at radius 3 is 2.45 bits per heavy atom. The number of amides is 1. The fraction of sp³-hybridized carbons (Fsp3) is 0.519. The minimum absolute atomic E-state index is 0.128. The molecule has 6 heteroatoms. The first-order chi connectivity index (χ1) is 16.2. The molecule has 33 heavy (non-hydrogen) atoms. The van der Waals surface area contributed by atoms with Crippen molar-refractivity contribution in [2.45, 2.75) is 51.0 Å². The van der Waals surface area contributed by atoms with Crippen molar-refractivity contribution in [3.05, 3.63) is 47.5 Å². The molecular formula is C27H32N2O4. The lowest BCUT2D eigenvalue weighted by Gasteiger charge is -2.38. The van der Waals surface area contributed by atoms with Gasteiger partial charge in [0.15, 0.2) is 11.5 Å². The predicted molar refractivity (Wildman–Crippen MR) is 126 cm³/mol. The Morgan fingerprint density at radius 1 is 0.970 bits per heavy atom. The maximum absolute atomic E-state index is 14.2. The number of benzene rings is 2. The molecule has 174 valence electrons. The molecule has 0 N–H and O–H groups in total. The molecule has 1 saturated heterocycles. The van der Waals surface area contributed by atoms with E-state index in [9.17, 15) is 4.79 Å². The number of anilines is 1. The molecule has 0 saturated carbocycles. The van der Waals surface area contributed by atoms with Crippen LogP contribution in [0.25, 0.3) is 0 Å². The summed E-state index contributed by atoms with van der Waals surface area (Å²) in [6, 6.07) is 12.7. The Hall–Kier alpha value is -2.73. The summed E-state index contributed by atoms with van der Waals surface area (Å²) in [6.45, 7) is 8.13. The summed E-state index contributed by atoms with van der Waals surface area (Å²) in [7, 11) is 0. The van der Waals surface area contributed by atoms with Crippen LogP contribution in [0.5, 0.6) is 17.2 Å². The minimum atomic E-state index is -0.802. The van der Waals surface area contributed by atoms with Gasteiger partial charge < -0.3 is 24.0 Å². The summed E-state index contributed by atoms with van der Waals surface area (Å²) in [5, 5.41) is 0. The van der Waals surface area contributed by atoms with Crippen LogP contribution in [0.3, 0.4) is 0 Å². The van der Waals surface area contributed by atoms with Gasteiger partial charge in [0.1, 0.15) is 17.8 Å². The van der Waals surface area contributed by atoms with Crippen LogP contribution in [0.15, 0.2) is 36.4 Å². The standard InChI is InChI=1S/C27H32N2O4/c1-3-19(4-2)28-11-9-18(10-12-28)15-29-22-8-6-5-7-20(22)27(26(29)30)16-31-23-14-25-24(13-21(23)27)32-17-33-25/h5-8,13-14,18-19H,3-4,9-12,15-17H2,1-2H3. The molecule has 4 aliphatic rings. The van der Waals surface area contributed by atoms with Gasteiger partial charge in [-0.3, -0.25) is 4.79 Å². The Morgan fingerprint density at radius 2 is 1.70 bits per heavy atom. The minimum Gasteiger partial charge on any atom is -0.491 e. The molecule has 4 aliphatic heterocycles. The quantitative estimate of drug-likeness (QED) is 0.681. The highest BCUT2D eigenvalue weighted by Gasteiger charge is 2.57. The maximum atomic E-state index is 14.2. The van der Waals surface area contributed by atoms with Gasteiger partial charge in [-0.1, -0.05) is 32.0 Å². The van der Waals surface area contributed by atoms with Gasteiger partial charge in [-0.15, -0.1) is 0 Å². The van der Waals surface area contributed by atoms with Crippen molar-refractivity contribution >= 4 is 11.6 Å². The van der Waals surface area contributed by atoms with Gasteiger partial charge in [-0.2, -0.15) is 0 Å². The van der Waals surface area contributed by atoms with Gasteiger partial charge >= 0.3 is 0 Å². The van der Waals surface area contributed by atoms with E-state index in [1.165, 1.54) is 12.8 Å². The molecule has 1 fully saturated rings. The molecule has 2 aromatic rings. The van der Waals surface area contributed by atoms with Crippen molar-refractivity contribution in [1.29, 1.82) is 0 Å². The van der Waals surface area contributed by atoms with E-state index in [2.05, 4.69) is 30.9 Å². The van der Waals surface area contributed by atoms with Gasteiger partial charge in [-0.05, 0) is 62.4 Å². The van der Waals surface area contributed by atoms with Crippen molar-refractivity contribution < 1.29 is 19.0 Å². The molecule has 1 atom stereocenters. The first kappa shape index (κ1) is 20.8. The van der Waals surface area contributed by atoms with Gasteiger partial charge in [0.05, 0.1) is 0 Å². The average Bonchev–Trinajstić information content (AvgIpc) is 3.52. The molecule has 2 aromatic carbocycles. The highest BCUT2D eigenvalue weighted by atomic mass is 16.7. The zero-order valence-corrected chi connectivity index (χ0v) is 19.5. The molecule has 0 bridgehead atoms. The van der Waals surface area contributed by atoms with E-state index in [0.29, 0.717) is 30.1 Å². The Kier molecular flexibility index (Phi) is 5.02. The van der Waals surface area contributed by atoms with Crippen molar-refractivity contribution in [2.24, 2.45) is 5.92 Å². The second-order valence-electron chi connectivity index (χ2n) is 9.78. The largest absolute Gasteiger partial charge is 0.491 e. The smallest absolute Gasteiger partial charge is 0.245 e. The van der Waals surface area contributed by atoms with E-state index < -0.39 is 5.41 Å². The third-order valence-electron chi connectivity index (χ3n) is 8.19. The average molecular weight is 449 g/mol. The first-order valence-electron chi connectivity index (χ1n) is 12.4. The Bertz CT molecular complexity index is 1070. The zero-order chi connectivity index (χ0) is 22.6. The lowest BCUT2D eigenvalue weighted by Crippen LogP contribution is -2.46. The summed E-state index contributed by atoms with van der Waals surface area (Å²) in [5.41, 5.74) is 2.17. The SMILES string of the molecule is CCC(CC)N1CCC(CN2C(=O)C3(COc4cc5c(cc43)OCO5)c3ccccc32)CC1. The molecule has 1 unspecified atom stereocenters. The Labute approximate surface area is 195 Å². The van der Waals surface area contributed by atoms with Gasteiger partial charge in [-0.25, -0.2) is 0 Å². The summed E-state index contributed by atoms with van der Waals surface area (Å²) in [6.07, 6.45) is 4.70. The highest BCUT2D eigenvalue weighted by molar-refractivity contribution is 6.11. The van der Waals surface area contributed by atoms with Crippen molar-refractivity contribution in [2.75, 3.05) is 37.9 Å². The number of carbonyl (C=O) groups is 1. The number of fused-ring (bicyclic) bond motifs is 5. The Balaban J connectivity index is 1.29. The lowest BCUT2D eigenvalue weighted by molar-refractivity contribution is -0.122. The summed E-state index contributed by atoms with van der Waals surface area (Å²) in [4.78, 5) is 18.8. The molecule has 4 heterocycles. The van der Waals surface area contributed by atoms with Gasteiger partial charge in [0, 0.05) is 29.9 Å². The number of para-hydroxylation sites is 1. The number of ether oxygens (including phenoxy) is 3. The number of nitrogens with zero attached hydrogens (tertiary/aromatic N) is 2. The van der Waals surface area contributed by atoms with Gasteiger partial charge in [0.2, 0.25) is 12.7 Å². The van der Waals surface area contributed by atoms with Crippen LogP contribution in [0.4, 0.5) is 5.69 Å². The number of rotatable bonds is 5. The van der Waals surface area contributed by atoms with E-state index in [-0.39, 0.29) is 12.7 Å². The van der Waals surface area contributed by atoms with E-state index in [1.807, 2.05) is 29.2 Å². The molecule has 0 aliphatic carbocycles. The predicted octanol–water partition coefficient (Wildman–Crippen LogP) is 4.34. The third kappa shape index (κ3) is 3.07. The second kappa shape index (κ2) is 7.94. The fourth-order valence-electron chi connectivity index (χ4n) is 6.31. The van der Waals surface area contributed by atoms with Crippen molar-refractivity contribution in [3.63, 3.8) is 0 Å². The number of hydrogen-bond donors (Lipinski definition) is 0. The number of carbonyl (C=O) groups excluding carboxylic acids is 1. The molecule has 6 rings (SSSR count). The number of hydrogen-bond acceptors (Lipinski definition) is 5. The number of likely N-dealkylation sites (tertiary alicyclic amines) is 1. The zero-order valence-electron chi connectivity index (χ0n) is 19.5. The summed E-state index contributed by atoms with van der Waals surface area (Å²) < 4.78 is 17.3. The molecule has 1 amide bonds. The van der Waals surface area contributed by atoms with E-state index >= 15 is 0 Å². The molecule has 0 aromatic heterocycles. The van der Waals surface area contributed by atoms with E-state index in [1.54, 1.807) is 0 Å². The van der Waals surface area contributed by atoms with Crippen LogP contribution >= 0.6 is 0 Å². The lowest BCUT2D eigenvalue weighted by atomic mass is 9.77. The third-order valence-corrected chi connectivity index (χ3v) is 8.19. The molecule has 1 spiro atoms. The molecular weight excluding hydrogens is 416 g/mol. The van der Waals surface area contributed by atoms with Crippen LogP contribution in [0.1, 0.15) is 50.7 Å². The van der Waals surface area contributed by atoms with Crippen molar-refractivity contribution in [1.82, 2.24) is 4.90 Å². The monoisotopic (exact) mass is 448 g/mol. The topological polar surface area (TPSA) is 51.2 Å². The van der Waals surface area contributed by atoms with Crippen molar-refractivity contribution in [3.8, 4) is 17.2 Å². The van der Waals surface area contributed by atoms with Crippen LogP contribution in [0, 0.1) is 5.92 Å². The molecule has 6 nitrogen and oxygen atoms in total. The maximum Gasteiger partial charge on any atom is 0.245 e.